The molecule has 180 valence electrons. The lowest BCUT2D eigenvalue weighted by Gasteiger charge is -2.36. The zero-order valence-corrected chi connectivity index (χ0v) is 20.4. The van der Waals surface area contributed by atoms with Crippen molar-refractivity contribution in [2.75, 3.05) is 10.0 Å². The quantitative estimate of drug-likeness (QED) is 0.306. The summed E-state index contributed by atoms with van der Waals surface area (Å²) in [6.45, 7) is 0. The van der Waals surface area contributed by atoms with Crippen LogP contribution in [-0.4, -0.2) is 23.4 Å². The molecule has 0 saturated carbocycles. The van der Waals surface area contributed by atoms with Crippen LogP contribution in [0.15, 0.2) is 154 Å². The Morgan fingerprint density at radius 1 is 0.632 bits per heavy atom. The number of aliphatic imine (C=N–C) groups is 1. The van der Waals surface area contributed by atoms with Crippen LogP contribution in [0.25, 0.3) is 5.32 Å². The van der Waals surface area contributed by atoms with Crippen molar-refractivity contribution in [2.24, 2.45) is 15.2 Å². The Morgan fingerprint density at radius 3 is 1.87 bits per heavy atom. The Balaban J connectivity index is 1.39. The normalized spacial score (nSPS) is 17.9. The molecule has 1 unspecified atom stereocenters. The van der Waals surface area contributed by atoms with E-state index in [-0.39, 0.29) is 6.04 Å². The summed E-state index contributed by atoms with van der Waals surface area (Å²) in [5, 5.41) is 18.8. The van der Waals surface area contributed by atoms with Gasteiger partial charge in [-0.15, -0.1) is 5.10 Å². The number of anilines is 2. The first-order valence-electron chi connectivity index (χ1n) is 12.5. The summed E-state index contributed by atoms with van der Waals surface area (Å²) in [5.41, 5.74) is 6.15. The molecule has 0 N–H and O–H groups in total. The van der Waals surface area contributed by atoms with E-state index in [0.717, 1.165) is 39.6 Å². The molecule has 0 aromatic heterocycles. The zero-order valence-electron chi connectivity index (χ0n) is 20.4. The minimum absolute atomic E-state index is 0.335. The first-order chi connectivity index (χ1) is 18.8. The Bertz CT molecular complexity index is 1620. The predicted molar refractivity (Wildman–Crippen MR) is 153 cm³/mol. The maximum Gasteiger partial charge on any atom is 0.276 e. The molecular formula is C32H22N6. The Morgan fingerprint density at radius 2 is 1.21 bits per heavy atom. The first kappa shape index (κ1) is 21.9. The molecule has 0 spiro atoms. The minimum Gasteiger partial charge on any atom is -0.364 e. The van der Waals surface area contributed by atoms with Gasteiger partial charge in [-0.1, -0.05) is 97.1 Å². The fourth-order valence-corrected chi connectivity index (χ4v) is 4.65. The lowest BCUT2D eigenvalue weighted by molar-refractivity contribution is 0.809. The average Bonchev–Trinajstić information content (AvgIpc) is 3.00. The van der Waals surface area contributed by atoms with Crippen LogP contribution in [0.5, 0.6) is 0 Å². The molecule has 3 aliphatic rings. The third kappa shape index (κ3) is 3.95. The van der Waals surface area contributed by atoms with Crippen molar-refractivity contribution in [3.05, 3.63) is 161 Å². The second-order valence-electron chi connectivity index (χ2n) is 8.98. The van der Waals surface area contributed by atoms with Gasteiger partial charge in [0.05, 0.1) is 11.8 Å². The summed E-state index contributed by atoms with van der Waals surface area (Å²) in [7, 11) is 0. The fourth-order valence-electron chi connectivity index (χ4n) is 4.65. The van der Waals surface area contributed by atoms with E-state index in [4.69, 9.17) is 20.5 Å². The summed E-state index contributed by atoms with van der Waals surface area (Å²) in [6, 6.07) is 39.9. The Labute approximate surface area is 221 Å². The number of rotatable bonds is 4. The maximum absolute atomic E-state index is 4.99. The van der Waals surface area contributed by atoms with Gasteiger partial charge in [0.1, 0.15) is 17.5 Å². The van der Waals surface area contributed by atoms with E-state index >= 15 is 0 Å². The SMILES string of the molecule is [C+]1=C2C(=CC3=NC(c4ccccc4)=NN(c4ccccc4)C13)[N-]C(c1ccccc1)=NN2c1ccccc1. The zero-order chi connectivity index (χ0) is 25.3. The molecule has 38 heavy (non-hydrogen) atoms. The predicted octanol–water partition coefficient (Wildman–Crippen LogP) is 6.52. The number of para-hydroxylation sites is 2. The highest BCUT2D eigenvalue weighted by atomic mass is 15.5. The molecule has 0 radical (unpaired) electrons. The molecule has 0 saturated heterocycles. The third-order valence-electron chi connectivity index (χ3n) is 6.48. The number of hydrogen-bond acceptors (Lipinski definition) is 5. The van der Waals surface area contributed by atoms with E-state index in [1.807, 2.05) is 137 Å². The van der Waals surface area contributed by atoms with Crippen LogP contribution >= 0.6 is 0 Å². The lowest BCUT2D eigenvalue weighted by Crippen LogP contribution is -2.44. The fraction of sp³-hybridized carbons (Fsp3) is 0.0312. The molecular weight excluding hydrogens is 468 g/mol. The van der Waals surface area contributed by atoms with Gasteiger partial charge in [0, 0.05) is 11.3 Å². The summed E-state index contributed by atoms with van der Waals surface area (Å²) in [5.74, 6) is 1.29. The van der Waals surface area contributed by atoms with Crippen molar-refractivity contribution in [3.8, 4) is 0 Å². The summed E-state index contributed by atoms with van der Waals surface area (Å²) in [4.78, 5) is 4.99. The monoisotopic (exact) mass is 490 g/mol. The molecule has 2 heterocycles. The molecule has 0 amide bonds. The summed E-state index contributed by atoms with van der Waals surface area (Å²) in [6.07, 6.45) is 5.70. The van der Waals surface area contributed by atoms with Crippen LogP contribution < -0.4 is 10.0 Å². The van der Waals surface area contributed by atoms with Crippen LogP contribution in [0.3, 0.4) is 0 Å². The van der Waals surface area contributed by atoms with Crippen molar-refractivity contribution < 1.29 is 0 Å². The molecule has 4 aromatic carbocycles. The third-order valence-corrected chi connectivity index (χ3v) is 6.48. The number of hydrazone groups is 2. The number of hydrogen-bond donors (Lipinski definition) is 0. The van der Waals surface area contributed by atoms with Gasteiger partial charge in [0.2, 0.25) is 6.04 Å². The van der Waals surface area contributed by atoms with Crippen LogP contribution in [0.1, 0.15) is 11.1 Å². The Hall–Kier alpha value is -5.32. The molecule has 4 aromatic rings. The Kier molecular flexibility index (Phi) is 5.35. The van der Waals surface area contributed by atoms with Gasteiger partial charge in [-0.05, 0) is 35.7 Å². The topological polar surface area (TPSA) is 57.7 Å². The van der Waals surface area contributed by atoms with Crippen molar-refractivity contribution in [1.82, 2.24) is 0 Å². The van der Waals surface area contributed by atoms with E-state index in [0.29, 0.717) is 11.7 Å². The largest absolute Gasteiger partial charge is 0.364 e. The molecule has 1 aliphatic carbocycles. The average molecular weight is 491 g/mol. The number of nitrogens with zero attached hydrogens (tertiary/aromatic N) is 6. The van der Waals surface area contributed by atoms with E-state index < -0.39 is 0 Å². The van der Waals surface area contributed by atoms with Crippen molar-refractivity contribution in [3.63, 3.8) is 0 Å². The molecule has 0 fully saturated rings. The molecule has 2 aliphatic heterocycles. The van der Waals surface area contributed by atoms with E-state index in [9.17, 15) is 0 Å². The van der Waals surface area contributed by atoms with Crippen LogP contribution in [0.4, 0.5) is 11.4 Å². The second kappa shape index (κ2) is 9.28. The second-order valence-corrected chi connectivity index (χ2v) is 8.98. The van der Waals surface area contributed by atoms with Gasteiger partial charge >= 0.3 is 0 Å². The summed E-state index contributed by atoms with van der Waals surface area (Å²) >= 11 is 0. The lowest BCUT2D eigenvalue weighted by atomic mass is 9.98. The molecule has 0 bridgehead atoms. The maximum atomic E-state index is 4.99. The summed E-state index contributed by atoms with van der Waals surface area (Å²) < 4.78 is 0. The van der Waals surface area contributed by atoms with Gasteiger partial charge in [-0.25, -0.2) is 10.0 Å². The molecule has 7 rings (SSSR count). The van der Waals surface area contributed by atoms with Gasteiger partial charge in [0.25, 0.3) is 5.70 Å². The van der Waals surface area contributed by atoms with Gasteiger partial charge in [0.15, 0.2) is 5.84 Å². The number of fused-ring (bicyclic) bond motifs is 2. The first-order valence-corrected chi connectivity index (χ1v) is 12.5. The highest BCUT2D eigenvalue weighted by molar-refractivity contribution is 6.19. The highest BCUT2D eigenvalue weighted by Crippen LogP contribution is 2.38. The van der Waals surface area contributed by atoms with Crippen LogP contribution in [-0.2, 0) is 0 Å². The standard InChI is InChI=1S/C32H22N6/c1-5-13-23(14-6-1)31-33-27-21-28-30(22-29(27)37(35-31)25-17-9-3-10-18-25)38(26-19-11-4-12-20-26)36-32(34-28)24-15-7-2-8-16-24/h1-21,29H. The van der Waals surface area contributed by atoms with E-state index in [1.54, 1.807) is 0 Å². The van der Waals surface area contributed by atoms with E-state index in [2.05, 4.69) is 6.08 Å². The van der Waals surface area contributed by atoms with Gasteiger partial charge < -0.3 is 10.4 Å². The molecule has 6 heteroatoms. The van der Waals surface area contributed by atoms with E-state index in [1.165, 1.54) is 0 Å². The number of amidine groups is 2. The van der Waals surface area contributed by atoms with Crippen molar-refractivity contribution in [1.29, 1.82) is 0 Å². The smallest absolute Gasteiger partial charge is 0.276 e. The van der Waals surface area contributed by atoms with Crippen LogP contribution in [0.2, 0.25) is 0 Å². The molecule has 6 nitrogen and oxygen atoms in total. The van der Waals surface area contributed by atoms with Gasteiger partial charge in [-0.3, -0.25) is 5.01 Å². The van der Waals surface area contributed by atoms with Crippen LogP contribution in [0, 0.1) is 6.08 Å². The van der Waals surface area contributed by atoms with Gasteiger partial charge in [-0.2, -0.15) is 0 Å². The number of benzene rings is 4. The van der Waals surface area contributed by atoms with Crippen molar-refractivity contribution >= 4 is 28.8 Å². The van der Waals surface area contributed by atoms with Crippen molar-refractivity contribution in [2.45, 2.75) is 6.04 Å². The highest BCUT2D eigenvalue weighted by Gasteiger charge is 2.41. The minimum atomic E-state index is -0.335. The molecule has 1 atom stereocenters.